The number of hydrogen-bond donors (Lipinski definition) is 1. The van der Waals surface area contributed by atoms with E-state index in [1.165, 1.54) is 11.6 Å². The van der Waals surface area contributed by atoms with Crippen molar-refractivity contribution in [1.29, 1.82) is 0 Å². The van der Waals surface area contributed by atoms with Crippen molar-refractivity contribution in [2.75, 3.05) is 0 Å². The van der Waals surface area contributed by atoms with Crippen molar-refractivity contribution >= 4 is 17.0 Å². The largest absolute Gasteiger partial charge is 0.306 e. The summed E-state index contributed by atoms with van der Waals surface area (Å²) < 4.78 is 0. The highest BCUT2D eigenvalue weighted by Gasteiger charge is 2.12. The van der Waals surface area contributed by atoms with Crippen LogP contribution in [0.4, 0.5) is 5.69 Å². The summed E-state index contributed by atoms with van der Waals surface area (Å²) in [4.78, 5) is 10.4. The molecule has 0 saturated heterocycles. The van der Waals surface area contributed by atoms with E-state index in [9.17, 15) is 10.1 Å². The number of thiophene rings is 1. The monoisotopic (exact) mass is 276 g/mol. The van der Waals surface area contributed by atoms with Crippen LogP contribution in [-0.4, -0.2) is 4.92 Å². The average molecular weight is 276 g/mol. The first-order valence-corrected chi connectivity index (χ1v) is 7.13. The van der Waals surface area contributed by atoms with Gasteiger partial charge in [-0.3, -0.25) is 10.1 Å². The molecular formula is C14H16N2O2S. The Labute approximate surface area is 116 Å². The number of benzene rings is 1. The third kappa shape index (κ3) is 3.62. The molecule has 19 heavy (non-hydrogen) atoms. The molecule has 0 spiro atoms. The fourth-order valence-corrected chi connectivity index (χ4v) is 2.66. The number of hydrogen-bond acceptors (Lipinski definition) is 4. The highest BCUT2D eigenvalue weighted by Crippen LogP contribution is 2.22. The molecule has 0 radical (unpaired) electrons. The third-order valence-corrected chi connectivity index (χ3v) is 3.76. The molecule has 1 atom stereocenters. The molecule has 1 aromatic carbocycles. The zero-order chi connectivity index (χ0) is 13.7. The summed E-state index contributed by atoms with van der Waals surface area (Å²) in [7, 11) is 0. The van der Waals surface area contributed by atoms with Gasteiger partial charge in [-0.2, -0.15) is 11.3 Å². The van der Waals surface area contributed by atoms with E-state index in [4.69, 9.17) is 0 Å². The fourth-order valence-electron chi connectivity index (χ4n) is 1.99. The standard InChI is InChI=1S/C14H16N2O2S/c1-2-14(15-9-11-6-7-19-10-11)12-4-3-5-13(8-12)16(17)18/h3-8,10,14-15H,2,9H2,1H3. The van der Waals surface area contributed by atoms with Gasteiger partial charge in [0.15, 0.2) is 0 Å². The van der Waals surface area contributed by atoms with Crippen molar-refractivity contribution in [2.24, 2.45) is 0 Å². The smallest absolute Gasteiger partial charge is 0.269 e. The van der Waals surface area contributed by atoms with Crippen LogP contribution in [0.3, 0.4) is 0 Å². The van der Waals surface area contributed by atoms with Gasteiger partial charge in [0.25, 0.3) is 5.69 Å². The predicted octanol–water partition coefficient (Wildman–Crippen LogP) is 3.90. The molecule has 1 aromatic heterocycles. The lowest BCUT2D eigenvalue weighted by Gasteiger charge is -2.16. The van der Waals surface area contributed by atoms with Crippen LogP contribution in [0, 0.1) is 10.1 Å². The Kier molecular flexibility index (Phi) is 4.65. The summed E-state index contributed by atoms with van der Waals surface area (Å²) in [6.07, 6.45) is 0.894. The highest BCUT2D eigenvalue weighted by atomic mass is 32.1. The topological polar surface area (TPSA) is 55.2 Å². The molecule has 2 aromatic rings. The zero-order valence-corrected chi connectivity index (χ0v) is 11.5. The van der Waals surface area contributed by atoms with Gasteiger partial charge < -0.3 is 5.32 Å². The van der Waals surface area contributed by atoms with Crippen molar-refractivity contribution in [3.8, 4) is 0 Å². The SMILES string of the molecule is CCC(NCc1ccsc1)c1cccc([N+](=O)[O-])c1. The van der Waals surface area contributed by atoms with Crippen LogP contribution in [0.2, 0.25) is 0 Å². The van der Waals surface area contributed by atoms with E-state index in [0.29, 0.717) is 0 Å². The second kappa shape index (κ2) is 6.45. The summed E-state index contributed by atoms with van der Waals surface area (Å²) in [6, 6.07) is 9.06. The Hall–Kier alpha value is -1.72. The minimum atomic E-state index is -0.352. The average Bonchev–Trinajstić information content (AvgIpc) is 2.93. The van der Waals surface area contributed by atoms with Crippen LogP contribution < -0.4 is 5.32 Å². The third-order valence-electron chi connectivity index (χ3n) is 3.02. The van der Waals surface area contributed by atoms with Crippen molar-refractivity contribution in [1.82, 2.24) is 5.32 Å². The summed E-state index contributed by atoms with van der Waals surface area (Å²) in [5.41, 5.74) is 2.36. The first-order valence-electron chi connectivity index (χ1n) is 6.19. The van der Waals surface area contributed by atoms with Crippen molar-refractivity contribution < 1.29 is 4.92 Å². The lowest BCUT2D eigenvalue weighted by Crippen LogP contribution is -2.20. The van der Waals surface area contributed by atoms with Gasteiger partial charge in [0.05, 0.1) is 4.92 Å². The van der Waals surface area contributed by atoms with Crippen molar-refractivity contribution in [3.05, 3.63) is 62.3 Å². The maximum absolute atomic E-state index is 10.8. The maximum atomic E-state index is 10.8. The van der Waals surface area contributed by atoms with Crippen molar-refractivity contribution in [2.45, 2.75) is 25.9 Å². The Balaban J connectivity index is 2.08. The number of nitro groups is 1. The van der Waals surface area contributed by atoms with E-state index in [-0.39, 0.29) is 16.7 Å². The van der Waals surface area contributed by atoms with Gasteiger partial charge in [-0.25, -0.2) is 0 Å². The molecule has 0 aliphatic heterocycles. The Morgan fingerprint density at radius 2 is 2.26 bits per heavy atom. The van der Waals surface area contributed by atoms with Crippen LogP contribution in [0.25, 0.3) is 0 Å². The number of nitro benzene ring substituents is 1. The second-order valence-corrected chi connectivity index (χ2v) is 5.11. The molecule has 1 N–H and O–H groups in total. The summed E-state index contributed by atoms with van der Waals surface area (Å²) in [5.74, 6) is 0. The van der Waals surface area contributed by atoms with Crippen LogP contribution in [0.5, 0.6) is 0 Å². The molecule has 1 unspecified atom stereocenters. The van der Waals surface area contributed by atoms with E-state index in [1.807, 2.05) is 11.4 Å². The highest BCUT2D eigenvalue weighted by molar-refractivity contribution is 7.07. The van der Waals surface area contributed by atoms with Gasteiger partial charge >= 0.3 is 0 Å². The molecule has 0 aliphatic rings. The summed E-state index contributed by atoms with van der Waals surface area (Å²) >= 11 is 1.67. The van der Waals surface area contributed by atoms with E-state index in [0.717, 1.165) is 18.5 Å². The molecule has 5 heteroatoms. The number of nitrogens with zero attached hydrogens (tertiary/aromatic N) is 1. The van der Waals surface area contributed by atoms with Gasteiger partial charge in [-0.1, -0.05) is 19.1 Å². The van der Waals surface area contributed by atoms with Crippen LogP contribution in [-0.2, 0) is 6.54 Å². The molecular weight excluding hydrogens is 260 g/mol. The first-order chi connectivity index (χ1) is 9.20. The number of rotatable bonds is 6. The lowest BCUT2D eigenvalue weighted by atomic mass is 10.0. The fraction of sp³-hybridized carbons (Fsp3) is 0.286. The van der Waals surface area contributed by atoms with E-state index in [1.54, 1.807) is 23.5 Å². The van der Waals surface area contributed by atoms with Gasteiger partial charge in [0.1, 0.15) is 0 Å². The quantitative estimate of drug-likeness (QED) is 0.643. The molecule has 0 aliphatic carbocycles. The van der Waals surface area contributed by atoms with Crippen LogP contribution in [0.1, 0.15) is 30.5 Å². The number of non-ortho nitro benzene ring substituents is 1. The molecule has 1 heterocycles. The minimum Gasteiger partial charge on any atom is -0.306 e. The minimum absolute atomic E-state index is 0.139. The Bertz CT molecular complexity index is 540. The van der Waals surface area contributed by atoms with E-state index in [2.05, 4.69) is 23.7 Å². The molecule has 0 saturated carbocycles. The Morgan fingerprint density at radius 1 is 1.42 bits per heavy atom. The zero-order valence-electron chi connectivity index (χ0n) is 10.7. The van der Waals surface area contributed by atoms with Gasteiger partial charge in [-0.15, -0.1) is 0 Å². The summed E-state index contributed by atoms with van der Waals surface area (Å²) in [5, 5.41) is 18.4. The first kappa shape index (κ1) is 13.7. The van der Waals surface area contributed by atoms with Crippen LogP contribution in [0.15, 0.2) is 41.1 Å². The predicted molar refractivity (Wildman–Crippen MR) is 77.3 cm³/mol. The maximum Gasteiger partial charge on any atom is 0.269 e. The molecule has 0 fully saturated rings. The summed E-state index contributed by atoms with van der Waals surface area (Å²) in [6.45, 7) is 2.86. The molecule has 0 amide bonds. The molecule has 2 rings (SSSR count). The van der Waals surface area contributed by atoms with E-state index >= 15 is 0 Å². The lowest BCUT2D eigenvalue weighted by molar-refractivity contribution is -0.384. The number of nitrogens with one attached hydrogen (secondary N) is 1. The molecule has 0 bridgehead atoms. The van der Waals surface area contributed by atoms with Gasteiger partial charge in [0, 0.05) is 24.7 Å². The van der Waals surface area contributed by atoms with E-state index < -0.39 is 0 Å². The normalized spacial score (nSPS) is 12.3. The van der Waals surface area contributed by atoms with Gasteiger partial charge in [-0.05, 0) is 34.4 Å². The Morgan fingerprint density at radius 3 is 2.89 bits per heavy atom. The van der Waals surface area contributed by atoms with Gasteiger partial charge in [0.2, 0.25) is 0 Å². The van der Waals surface area contributed by atoms with Crippen molar-refractivity contribution in [3.63, 3.8) is 0 Å². The molecule has 4 nitrogen and oxygen atoms in total. The molecule has 100 valence electrons. The second-order valence-electron chi connectivity index (χ2n) is 4.33. The van der Waals surface area contributed by atoms with Crippen LogP contribution >= 0.6 is 11.3 Å².